The predicted molar refractivity (Wildman–Crippen MR) is 86.8 cm³/mol. The predicted octanol–water partition coefficient (Wildman–Crippen LogP) is 3.47. The molecule has 0 spiro atoms. The molecule has 0 saturated heterocycles. The topological polar surface area (TPSA) is 44.5 Å². The molecule has 3 heteroatoms. The summed E-state index contributed by atoms with van der Waals surface area (Å²) in [6.45, 7) is 3.54. The van der Waals surface area contributed by atoms with Gasteiger partial charge in [0, 0.05) is 6.42 Å². The first-order valence-electron chi connectivity index (χ1n) is 9.08. The Hall–Kier alpha value is -0.640. The number of ether oxygens (including phenoxy) is 2. The lowest BCUT2D eigenvalue weighted by molar-refractivity contribution is -0.247. The quantitative estimate of drug-likeness (QED) is 0.578. The Bertz CT molecular complexity index is 434. The van der Waals surface area contributed by atoms with Crippen LogP contribution in [0.5, 0.6) is 0 Å². The molecule has 0 amide bonds. The number of rotatable bonds is 7. The highest BCUT2D eigenvalue weighted by atomic mass is 16.7. The van der Waals surface area contributed by atoms with Gasteiger partial charge in [0.05, 0.1) is 13.2 Å². The van der Waals surface area contributed by atoms with Crippen molar-refractivity contribution in [2.45, 2.75) is 44.9 Å². The van der Waals surface area contributed by atoms with Crippen LogP contribution in [-0.4, -0.2) is 19.1 Å². The zero-order valence-corrected chi connectivity index (χ0v) is 13.6. The molecular formula is C19H29NO2. The van der Waals surface area contributed by atoms with E-state index in [2.05, 4.69) is 31.2 Å². The molecule has 2 fully saturated rings. The number of fused-ring (bicyclic) bond motifs is 4. The fourth-order valence-electron chi connectivity index (χ4n) is 4.91. The van der Waals surface area contributed by atoms with Gasteiger partial charge in [0.25, 0.3) is 0 Å². The minimum absolute atomic E-state index is 0.638. The van der Waals surface area contributed by atoms with Crippen LogP contribution in [-0.2, 0) is 9.47 Å². The van der Waals surface area contributed by atoms with E-state index in [9.17, 15) is 0 Å². The lowest BCUT2D eigenvalue weighted by Gasteiger charge is -2.32. The van der Waals surface area contributed by atoms with Gasteiger partial charge in [-0.2, -0.15) is 0 Å². The lowest BCUT2D eigenvalue weighted by Crippen LogP contribution is -2.47. The molecule has 4 bridgehead atoms. The van der Waals surface area contributed by atoms with Crippen LogP contribution in [0.4, 0.5) is 0 Å². The van der Waals surface area contributed by atoms with Crippen molar-refractivity contribution in [3.63, 3.8) is 0 Å². The molecule has 0 radical (unpaired) electrons. The highest BCUT2D eigenvalue weighted by Crippen LogP contribution is 2.45. The summed E-state index contributed by atoms with van der Waals surface area (Å²) in [5.74, 6) is 3.38. The van der Waals surface area contributed by atoms with Crippen LogP contribution in [0.15, 0.2) is 24.3 Å². The van der Waals surface area contributed by atoms with Gasteiger partial charge in [-0.3, -0.25) is 5.73 Å². The van der Waals surface area contributed by atoms with Crippen LogP contribution in [0.3, 0.4) is 0 Å². The first-order chi connectivity index (χ1) is 10.6. The van der Waals surface area contributed by atoms with Gasteiger partial charge in [0.1, 0.15) is 0 Å². The molecule has 6 unspecified atom stereocenters. The monoisotopic (exact) mass is 303 g/mol. The van der Waals surface area contributed by atoms with Crippen LogP contribution >= 0.6 is 0 Å². The maximum Gasteiger partial charge on any atom is 0.224 e. The molecule has 0 aromatic carbocycles. The Morgan fingerprint density at radius 1 is 0.864 bits per heavy atom. The van der Waals surface area contributed by atoms with E-state index in [0.717, 1.165) is 25.0 Å². The summed E-state index contributed by atoms with van der Waals surface area (Å²) in [7, 11) is 0. The van der Waals surface area contributed by atoms with Gasteiger partial charge in [-0.25, -0.2) is 0 Å². The van der Waals surface area contributed by atoms with Crippen LogP contribution in [0.25, 0.3) is 0 Å². The molecule has 4 rings (SSSR count). The average molecular weight is 303 g/mol. The normalized spacial score (nSPS) is 44.1. The highest BCUT2D eigenvalue weighted by molar-refractivity contribution is 5.10. The molecular weight excluding hydrogens is 274 g/mol. The van der Waals surface area contributed by atoms with Crippen molar-refractivity contribution in [2.24, 2.45) is 41.2 Å². The van der Waals surface area contributed by atoms with Crippen LogP contribution in [0, 0.1) is 35.5 Å². The van der Waals surface area contributed by atoms with E-state index in [1.807, 2.05) is 0 Å². The molecule has 0 aromatic rings. The van der Waals surface area contributed by atoms with Gasteiger partial charge in [0.15, 0.2) is 0 Å². The Kier molecular flexibility index (Phi) is 3.91. The SMILES string of the molecule is CCC(N)(OCC1CC2C=CC1C2)OCC1CC2C=CC1C2. The van der Waals surface area contributed by atoms with Gasteiger partial charge in [-0.15, -0.1) is 0 Å². The number of hydrogen-bond acceptors (Lipinski definition) is 3. The molecule has 2 N–H and O–H groups in total. The van der Waals surface area contributed by atoms with Crippen LogP contribution in [0.2, 0.25) is 0 Å². The lowest BCUT2D eigenvalue weighted by atomic mass is 9.94. The van der Waals surface area contributed by atoms with Crippen LogP contribution < -0.4 is 5.73 Å². The zero-order valence-electron chi connectivity index (χ0n) is 13.6. The second kappa shape index (κ2) is 5.77. The molecule has 122 valence electrons. The van der Waals surface area contributed by atoms with Gasteiger partial charge in [0.2, 0.25) is 5.91 Å². The fraction of sp³-hybridized carbons (Fsp3) is 0.789. The van der Waals surface area contributed by atoms with Crippen molar-refractivity contribution < 1.29 is 9.47 Å². The van der Waals surface area contributed by atoms with Gasteiger partial charge in [-0.1, -0.05) is 31.2 Å². The Labute approximate surface area is 133 Å². The van der Waals surface area contributed by atoms with E-state index >= 15 is 0 Å². The summed E-state index contributed by atoms with van der Waals surface area (Å²) >= 11 is 0. The van der Waals surface area contributed by atoms with E-state index in [1.165, 1.54) is 25.7 Å². The third-order valence-corrected chi connectivity index (χ3v) is 6.41. The van der Waals surface area contributed by atoms with Crippen molar-refractivity contribution in [1.29, 1.82) is 0 Å². The first-order valence-corrected chi connectivity index (χ1v) is 9.08. The van der Waals surface area contributed by atoms with E-state index in [-0.39, 0.29) is 0 Å². The standard InChI is InChI=1S/C19H29NO2/c1-2-19(20,21-11-17-9-13-3-5-15(17)7-13)22-12-18-10-14-4-6-16(18)8-14/h3-6,13-18H,2,7-12,20H2,1H3. The Morgan fingerprint density at radius 3 is 1.68 bits per heavy atom. The summed E-state index contributed by atoms with van der Waals surface area (Å²) < 4.78 is 12.1. The maximum absolute atomic E-state index is 6.37. The third kappa shape index (κ3) is 2.79. The van der Waals surface area contributed by atoms with Crippen molar-refractivity contribution in [1.82, 2.24) is 0 Å². The number of allylic oxidation sites excluding steroid dienone is 4. The highest BCUT2D eigenvalue weighted by Gasteiger charge is 2.39. The molecule has 0 aliphatic heterocycles. The molecule has 4 aliphatic rings. The smallest absolute Gasteiger partial charge is 0.224 e. The van der Waals surface area contributed by atoms with E-state index in [4.69, 9.17) is 15.2 Å². The van der Waals surface area contributed by atoms with Gasteiger partial charge < -0.3 is 9.47 Å². The summed E-state index contributed by atoms with van der Waals surface area (Å²) in [6.07, 6.45) is 15.3. The first kappa shape index (κ1) is 14.9. The summed E-state index contributed by atoms with van der Waals surface area (Å²) in [4.78, 5) is 0. The van der Waals surface area contributed by atoms with Crippen molar-refractivity contribution in [2.75, 3.05) is 13.2 Å². The minimum atomic E-state index is -0.892. The second-order valence-corrected chi connectivity index (χ2v) is 7.87. The van der Waals surface area contributed by atoms with Gasteiger partial charge >= 0.3 is 0 Å². The summed E-state index contributed by atoms with van der Waals surface area (Å²) in [6, 6.07) is 0. The molecule has 22 heavy (non-hydrogen) atoms. The van der Waals surface area contributed by atoms with E-state index in [0.29, 0.717) is 30.1 Å². The largest absolute Gasteiger partial charge is 0.337 e. The van der Waals surface area contributed by atoms with E-state index < -0.39 is 5.91 Å². The fourth-order valence-corrected chi connectivity index (χ4v) is 4.91. The van der Waals surface area contributed by atoms with Crippen LogP contribution in [0.1, 0.15) is 39.0 Å². The molecule has 0 aromatic heterocycles. The molecule has 6 atom stereocenters. The van der Waals surface area contributed by atoms with Gasteiger partial charge in [-0.05, 0) is 61.2 Å². The number of hydrogen-bond donors (Lipinski definition) is 1. The average Bonchev–Trinajstić information content (AvgIpc) is 3.31. The molecule has 3 nitrogen and oxygen atoms in total. The zero-order chi connectivity index (χ0) is 15.2. The van der Waals surface area contributed by atoms with Crippen molar-refractivity contribution >= 4 is 0 Å². The summed E-state index contributed by atoms with van der Waals surface area (Å²) in [5, 5.41) is 0. The third-order valence-electron chi connectivity index (χ3n) is 6.41. The van der Waals surface area contributed by atoms with E-state index in [1.54, 1.807) is 0 Å². The van der Waals surface area contributed by atoms with Crippen molar-refractivity contribution in [3.05, 3.63) is 24.3 Å². The minimum Gasteiger partial charge on any atom is -0.337 e. The second-order valence-electron chi connectivity index (χ2n) is 7.87. The number of nitrogens with two attached hydrogens (primary N) is 1. The molecule has 4 aliphatic carbocycles. The summed E-state index contributed by atoms with van der Waals surface area (Å²) in [5.41, 5.74) is 6.37. The van der Waals surface area contributed by atoms with Crippen molar-refractivity contribution in [3.8, 4) is 0 Å². The Morgan fingerprint density at radius 2 is 1.36 bits per heavy atom. The maximum atomic E-state index is 6.37. The molecule has 0 heterocycles. The molecule has 2 saturated carbocycles. The Balaban J connectivity index is 1.26.